The van der Waals surface area contributed by atoms with E-state index in [9.17, 15) is 0 Å². The van der Waals surface area contributed by atoms with E-state index in [1.54, 1.807) is 11.8 Å². The molecule has 0 aliphatic carbocycles. The summed E-state index contributed by atoms with van der Waals surface area (Å²) in [5.74, 6) is 0. The predicted molar refractivity (Wildman–Crippen MR) is 74.5 cm³/mol. The van der Waals surface area contributed by atoms with Crippen molar-refractivity contribution in [1.82, 2.24) is 6.15 Å². The molecule has 0 saturated heterocycles. The van der Waals surface area contributed by atoms with E-state index in [1.807, 2.05) is 6.07 Å². The van der Waals surface area contributed by atoms with E-state index in [2.05, 4.69) is 65.3 Å². The van der Waals surface area contributed by atoms with Crippen molar-refractivity contribution in [3.63, 3.8) is 0 Å². The largest absolute Gasteiger partial charge is 0.344 e. The fourth-order valence-electron chi connectivity index (χ4n) is 1.26. The van der Waals surface area contributed by atoms with E-state index in [-0.39, 0.29) is 6.15 Å². The van der Waals surface area contributed by atoms with Crippen molar-refractivity contribution < 1.29 is 0 Å². The molecule has 0 atom stereocenters. The number of hydrogen-bond donors (Lipinski definition) is 1. The molecular weight excluding hydrogens is 282 g/mol. The minimum atomic E-state index is 0. The maximum Gasteiger partial charge on any atom is 0.0314 e. The predicted octanol–water partition coefficient (Wildman–Crippen LogP) is 5.07. The molecule has 2 aromatic carbocycles. The molecule has 0 unspecified atom stereocenters. The Hall–Kier alpha value is -0.770. The van der Waals surface area contributed by atoms with Gasteiger partial charge in [-0.25, -0.2) is 0 Å². The molecule has 0 saturated carbocycles. The van der Waals surface area contributed by atoms with Crippen LogP contribution in [0.5, 0.6) is 0 Å². The Balaban J connectivity index is 0.00000128. The van der Waals surface area contributed by atoms with Crippen molar-refractivity contribution >= 4 is 27.7 Å². The third kappa shape index (κ3) is 3.37. The van der Waals surface area contributed by atoms with E-state index >= 15 is 0 Å². The minimum Gasteiger partial charge on any atom is -0.344 e. The number of aryl methyl sites for hydroxylation is 1. The normalized spacial score (nSPS) is 9.62. The molecule has 3 heteroatoms. The third-order valence-electron chi connectivity index (χ3n) is 2.09. The highest BCUT2D eigenvalue weighted by Crippen LogP contribution is 2.33. The van der Waals surface area contributed by atoms with Crippen LogP contribution in [-0.4, -0.2) is 0 Å². The molecule has 0 fully saturated rings. The zero-order valence-corrected chi connectivity index (χ0v) is 11.5. The number of benzene rings is 2. The number of hydrogen-bond acceptors (Lipinski definition) is 2. The molecule has 16 heavy (non-hydrogen) atoms. The molecule has 0 heterocycles. The van der Waals surface area contributed by atoms with Crippen LogP contribution in [-0.2, 0) is 0 Å². The van der Waals surface area contributed by atoms with Crippen molar-refractivity contribution in [1.29, 1.82) is 0 Å². The summed E-state index contributed by atoms with van der Waals surface area (Å²) in [6.07, 6.45) is 0. The topological polar surface area (TPSA) is 35.0 Å². The molecule has 0 amide bonds. The molecule has 2 rings (SSSR count). The van der Waals surface area contributed by atoms with Gasteiger partial charge in [-0.3, -0.25) is 0 Å². The zero-order valence-electron chi connectivity index (χ0n) is 9.11. The van der Waals surface area contributed by atoms with Crippen LogP contribution in [0.15, 0.2) is 62.8 Å². The van der Waals surface area contributed by atoms with Crippen LogP contribution in [0.3, 0.4) is 0 Å². The van der Waals surface area contributed by atoms with Gasteiger partial charge in [-0.15, -0.1) is 0 Å². The number of rotatable bonds is 2. The first kappa shape index (κ1) is 13.3. The molecule has 1 nitrogen and oxygen atoms in total. The summed E-state index contributed by atoms with van der Waals surface area (Å²) < 4.78 is 1.15. The lowest BCUT2D eigenvalue weighted by Gasteiger charge is -2.03. The highest BCUT2D eigenvalue weighted by molar-refractivity contribution is 9.10. The summed E-state index contributed by atoms with van der Waals surface area (Å²) in [5, 5.41) is 0. The van der Waals surface area contributed by atoms with Crippen molar-refractivity contribution in [2.45, 2.75) is 16.7 Å². The van der Waals surface area contributed by atoms with E-state index in [1.165, 1.54) is 15.4 Å². The Kier molecular flexibility index (Phi) is 5.06. The smallest absolute Gasteiger partial charge is 0.0314 e. The van der Waals surface area contributed by atoms with Gasteiger partial charge < -0.3 is 6.15 Å². The van der Waals surface area contributed by atoms with Crippen LogP contribution in [0.2, 0.25) is 0 Å². The zero-order chi connectivity index (χ0) is 10.7. The van der Waals surface area contributed by atoms with Crippen LogP contribution < -0.4 is 6.15 Å². The first-order valence-electron chi connectivity index (χ1n) is 4.75. The Morgan fingerprint density at radius 2 is 1.56 bits per heavy atom. The minimum absolute atomic E-state index is 0. The van der Waals surface area contributed by atoms with Gasteiger partial charge in [0, 0.05) is 14.3 Å². The van der Waals surface area contributed by atoms with Gasteiger partial charge in [-0.1, -0.05) is 41.6 Å². The van der Waals surface area contributed by atoms with Crippen LogP contribution >= 0.6 is 27.7 Å². The summed E-state index contributed by atoms with van der Waals surface area (Å²) in [4.78, 5) is 2.52. The van der Waals surface area contributed by atoms with Gasteiger partial charge in [0.15, 0.2) is 0 Å². The van der Waals surface area contributed by atoms with E-state index in [0.717, 1.165) is 4.47 Å². The maximum atomic E-state index is 3.55. The first-order valence-corrected chi connectivity index (χ1v) is 6.36. The molecule has 2 aromatic rings. The average Bonchev–Trinajstić information content (AvgIpc) is 2.25. The first-order chi connectivity index (χ1) is 7.25. The van der Waals surface area contributed by atoms with Crippen LogP contribution in [0.1, 0.15) is 5.56 Å². The Morgan fingerprint density at radius 1 is 0.938 bits per heavy atom. The summed E-state index contributed by atoms with van der Waals surface area (Å²) >= 11 is 5.32. The van der Waals surface area contributed by atoms with Crippen molar-refractivity contribution in [2.75, 3.05) is 0 Å². The van der Waals surface area contributed by atoms with Crippen molar-refractivity contribution in [3.05, 3.63) is 58.6 Å². The highest BCUT2D eigenvalue weighted by atomic mass is 79.9. The monoisotopic (exact) mass is 295 g/mol. The molecule has 84 valence electrons. The molecule has 0 aliphatic heterocycles. The molecule has 0 spiro atoms. The van der Waals surface area contributed by atoms with Crippen LogP contribution in [0.25, 0.3) is 0 Å². The Bertz CT molecular complexity index is 454. The molecule has 0 radical (unpaired) electrons. The van der Waals surface area contributed by atoms with Gasteiger partial charge in [0.2, 0.25) is 0 Å². The molecule has 3 N–H and O–H groups in total. The van der Waals surface area contributed by atoms with Gasteiger partial charge in [-0.2, -0.15) is 0 Å². The summed E-state index contributed by atoms with van der Waals surface area (Å²) in [6, 6.07) is 16.9. The SMILES string of the molecule is Cc1ccc(Sc2ccccc2Br)cc1.N. The van der Waals surface area contributed by atoms with Crippen molar-refractivity contribution in [2.24, 2.45) is 0 Å². The Morgan fingerprint density at radius 3 is 2.19 bits per heavy atom. The van der Waals surface area contributed by atoms with Gasteiger partial charge in [0.25, 0.3) is 0 Å². The van der Waals surface area contributed by atoms with E-state index in [0.29, 0.717) is 0 Å². The van der Waals surface area contributed by atoms with Gasteiger partial charge >= 0.3 is 0 Å². The maximum absolute atomic E-state index is 3.55. The molecule has 0 bridgehead atoms. The van der Waals surface area contributed by atoms with Crippen LogP contribution in [0.4, 0.5) is 0 Å². The van der Waals surface area contributed by atoms with E-state index < -0.39 is 0 Å². The van der Waals surface area contributed by atoms with Crippen LogP contribution in [0, 0.1) is 6.92 Å². The summed E-state index contributed by atoms with van der Waals surface area (Å²) in [5.41, 5.74) is 1.30. The lowest BCUT2D eigenvalue weighted by Crippen LogP contribution is -1.76. The van der Waals surface area contributed by atoms with Crippen molar-refractivity contribution in [3.8, 4) is 0 Å². The fourth-order valence-corrected chi connectivity index (χ4v) is 2.63. The second-order valence-electron chi connectivity index (χ2n) is 3.35. The lowest BCUT2D eigenvalue weighted by molar-refractivity contribution is 1.35. The quantitative estimate of drug-likeness (QED) is 0.839. The Labute approximate surface area is 109 Å². The molecular formula is C13H14BrNS. The fraction of sp³-hybridized carbons (Fsp3) is 0.0769. The van der Waals surface area contributed by atoms with Gasteiger partial charge in [0.1, 0.15) is 0 Å². The van der Waals surface area contributed by atoms with Gasteiger partial charge in [0.05, 0.1) is 0 Å². The molecule has 0 aliphatic rings. The highest BCUT2D eigenvalue weighted by Gasteiger charge is 2.00. The second kappa shape index (κ2) is 6.09. The lowest BCUT2D eigenvalue weighted by atomic mass is 10.2. The van der Waals surface area contributed by atoms with E-state index in [4.69, 9.17) is 0 Å². The summed E-state index contributed by atoms with van der Waals surface area (Å²) in [6.45, 7) is 2.10. The number of halogens is 1. The third-order valence-corrected chi connectivity index (χ3v) is 4.12. The van der Waals surface area contributed by atoms with Gasteiger partial charge in [-0.05, 0) is 47.1 Å². The second-order valence-corrected chi connectivity index (χ2v) is 5.32. The standard InChI is InChI=1S/C13H11BrS.H3N/c1-10-6-8-11(9-7-10)15-13-5-3-2-4-12(13)14;/h2-9H,1H3;1H3. The summed E-state index contributed by atoms with van der Waals surface area (Å²) in [7, 11) is 0. The molecule has 0 aromatic heterocycles. The average molecular weight is 296 g/mol.